The predicted octanol–water partition coefficient (Wildman–Crippen LogP) is 3.47. The molecule has 1 aromatic carbocycles. The summed E-state index contributed by atoms with van der Waals surface area (Å²) in [6.07, 6.45) is 0. The quantitative estimate of drug-likeness (QED) is 0.795. The Morgan fingerprint density at radius 2 is 2.19 bits per heavy atom. The van der Waals surface area contributed by atoms with Crippen LogP contribution in [0.2, 0.25) is 0 Å². The van der Waals surface area contributed by atoms with E-state index in [1.54, 1.807) is 17.4 Å². The van der Waals surface area contributed by atoms with Crippen LogP contribution in [0.1, 0.15) is 11.1 Å². The van der Waals surface area contributed by atoms with E-state index in [1.165, 1.54) is 5.56 Å². The molecule has 1 aromatic heterocycles. The molecule has 0 fully saturated rings. The van der Waals surface area contributed by atoms with Crippen molar-refractivity contribution in [1.82, 2.24) is 4.90 Å². The summed E-state index contributed by atoms with van der Waals surface area (Å²) in [7, 11) is 1.93. The van der Waals surface area contributed by atoms with Gasteiger partial charge in [-0.15, -0.1) is 11.3 Å². The third-order valence-electron chi connectivity index (χ3n) is 3.05. The molecule has 0 saturated carbocycles. The highest BCUT2D eigenvalue weighted by Gasteiger charge is 2.09. The van der Waals surface area contributed by atoms with E-state index in [0.29, 0.717) is 12.2 Å². The van der Waals surface area contributed by atoms with E-state index in [0.717, 1.165) is 21.6 Å². The Morgan fingerprint density at radius 1 is 1.43 bits per heavy atom. The number of thiophene rings is 1. The minimum atomic E-state index is -0.0463. The Bertz CT molecular complexity index is 642. The van der Waals surface area contributed by atoms with Crippen LogP contribution >= 0.6 is 27.3 Å². The molecule has 0 spiro atoms. The first-order valence-electron chi connectivity index (χ1n) is 6.51. The zero-order valence-electron chi connectivity index (χ0n) is 12.0. The molecule has 6 heteroatoms. The first kappa shape index (κ1) is 16.0. The average Bonchev–Trinajstić information content (AvgIpc) is 2.79. The van der Waals surface area contributed by atoms with Gasteiger partial charge in [-0.05, 0) is 64.6 Å². The standard InChI is InChI=1S/C15H18BrN3OS/c1-10-3-4-12(6-13(10)17)18-15(20)8-19(2)7-11-5-14(16)21-9-11/h3-6,9H,7-8,17H2,1-2H3,(H,18,20). The van der Waals surface area contributed by atoms with Crippen LogP contribution in [0.25, 0.3) is 0 Å². The van der Waals surface area contributed by atoms with Crippen molar-refractivity contribution in [3.63, 3.8) is 0 Å². The van der Waals surface area contributed by atoms with Gasteiger partial charge < -0.3 is 11.1 Å². The minimum absolute atomic E-state index is 0.0463. The predicted molar refractivity (Wildman–Crippen MR) is 92.6 cm³/mol. The van der Waals surface area contributed by atoms with Crippen molar-refractivity contribution in [3.8, 4) is 0 Å². The van der Waals surface area contributed by atoms with Crippen LogP contribution in [0.4, 0.5) is 11.4 Å². The molecule has 1 amide bonds. The summed E-state index contributed by atoms with van der Waals surface area (Å²) in [5.74, 6) is -0.0463. The number of benzene rings is 1. The van der Waals surface area contributed by atoms with E-state index in [4.69, 9.17) is 5.73 Å². The van der Waals surface area contributed by atoms with Gasteiger partial charge in [0, 0.05) is 17.9 Å². The molecule has 0 aliphatic carbocycles. The van der Waals surface area contributed by atoms with Gasteiger partial charge in [0.25, 0.3) is 0 Å². The monoisotopic (exact) mass is 367 g/mol. The fraction of sp³-hybridized carbons (Fsp3) is 0.267. The first-order chi connectivity index (χ1) is 9.94. The van der Waals surface area contributed by atoms with Crippen LogP contribution in [0.3, 0.4) is 0 Å². The molecule has 0 aliphatic heterocycles. The van der Waals surface area contributed by atoms with Gasteiger partial charge >= 0.3 is 0 Å². The average molecular weight is 368 g/mol. The number of nitrogens with zero attached hydrogens (tertiary/aromatic N) is 1. The Balaban J connectivity index is 1.87. The number of nitrogen functional groups attached to an aromatic ring is 1. The van der Waals surface area contributed by atoms with Crippen molar-refractivity contribution in [2.24, 2.45) is 0 Å². The molecule has 0 atom stereocenters. The number of halogens is 1. The molecule has 112 valence electrons. The van der Waals surface area contributed by atoms with Crippen LogP contribution in [0, 0.1) is 6.92 Å². The topological polar surface area (TPSA) is 58.4 Å². The molecule has 0 bridgehead atoms. The number of nitrogens with one attached hydrogen (secondary N) is 1. The van der Waals surface area contributed by atoms with E-state index >= 15 is 0 Å². The molecule has 2 aromatic rings. The van der Waals surface area contributed by atoms with Crippen molar-refractivity contribution < 1.29 is 4.79 Å². The highest BCUT2D eigenvalue weighted by atomic mass is 79.9. The summed E-state index contributed by atoms with van der Waals surface area (Å²) < 4.78 is 1.10. The van der Waals surface area contributed by atoms with Gasteiger partial charge in [0.2, 0.25) is 5.91 Å². The summed E-state index contributed by atoms with van der Waals surface area (Å²) in [6.45, 7) is 3.01. The number of rotatable bonds is 5. The highest BCUT2D eigenvalue weighted by Crippen LogP contribution is 2.21. The molecule has 21 heavy (non-hydrogen) atoms. The number of carbonyl (C=O) groups is 1. The second kappa shape index (κ2) is 7.06. The first-order valence-corrected chi connectivity index (χ1v) is 8.19. The van der Waals surface area contributed by atoms with Crippen LogP contribution in [-0.4, -0.2) is 24.4 Å². The zero-order chi connectivity index (χ0) is 15.4. The summed E-state index contributed by atoms with van der Waals surface area (Å²) >= 11 is 5.08. The second-order valence-electron chi connectivity index (χ2n) is 5.05. The lowest BCUT2D eigenvalue weighted by molar-refractivity contribution is -0.117. The highest BCUT2D eigenvalue weighted by molar-refractivity contribution is 9.11. The maximum atomic E-state index is 12.0. The van der Waals surface area contributed by atoms with Crippen LogP contribution in [0.15, 0.2) is 33.4 Å². The van der Waals surface area contributed by atoms with E-state index < -0.39 is 0 Å². The molecule has 2 rings (SSSR count). The fourth-order valence-electron chi connectivity index (χ4n) is 1.96. The van der Waals surface area contributed by atoms with E-state index in [-0.39, 0.29) is 5.91 Å². The van der Waals surface area contributed by atoms with Gasteiger partial charge in [0.15, 0.2) is 0 Å². The van der Waals surface area contributed by atoms with Gasteiger partial charge in [-0.2, -0.15) is 0 Å². The third-order valence-corrected chi connectivity index (χ3v) is 4.60. The normalized spacial score (nSPS) is 10.9. The summed E-state index contributed by atoms with van der Waals surface area (Å²) in [5.41, 5.74) is 9.46. The van der Waals surface area contributed by atoms with Crippen LogP contribution in [-0.2, 0) is 11.3 Å². The van der Waals surface area contributed by atoms with E-state index in [1.807, 2.05) is 31.0 Å². The lowest BCUT2D eigenvalue weighted by Gasteiger charge is -2.15. The minimum Gasteiger partial charge on any atom is -0.398 e. The third kappa shape index (κ3) is 4.84. The van der Waals surface area contributed by atoms with Gasteiger partial charge in [-0.3, -0.25) is 9.69 Å². The van der Waals surface area contributed by atoms with Crippen LogP contribution < -0.4 is 11.1 Å². The van der Waals surface area contributed by atoms with Crippen molar-refractivity contribution >= 4 is 44.5 Å². The van der Waals surface area contributed by atoms with Crippen molar-refractivity contribution in [2.45, 2.75) is 13.5 Å². The number of amides is 1. The molecule has 3 N–H and O–H groups in total. The van der Waals surface area contributed by atoms with Gasteiger partial charge in [-0.25, -0.2) is 0 Å². The van der Waals surface area contributed by atoms with Crippen LogP contribution in [0.5, 0.6) is 0 Å². The lowest BCUT2D eigenvalue weighted by Crippen LogP contribution is -2.29. The maximum absolute atomic E-state index is 12.0. The van der Waals surface area contributed by atoms with Crippen molar-refractivity contribution in [1.29, 1.82) is 0 Å². The smallest absolute Gasteiger partial charge is 0.238 e. The maximum Gasteiger partial charge on any atom is 0.238 e. The van der Waals surface area contributed by atoms with Gasteiger partial charge in [0.1, 0.15) is 0 Å². The molecular weight excluding hydrogens is 350 g/mol. The summed E-state index contributed by atoms with van der Waals surface area (Å²) in [4.78, 5) is 14.0. The van der Waals surface area contributed by atoms with Crippen molar-refractivity contribution in [3.05, 3.63) is 44.6 Å². The number of likely N-dealkylation sites (N-methyl/N-ethyl adjacent to an activating group) is 1. The molecular formula is C15H18BrN3OS. The number of hydrogen-bond donors (Lipinski definition) is 2. The molecule has 1 heterocycles. The second-order valence-corrected chi connectivity index (χ2v) is 7.34. The largest absolute Gasteiger partial charge is 0.398 e. The molecule has 0 aliphatic rings. The SMILES string of the molecule is Cc1ccc(NC(=O)CN(C)Cc2csc(Br)c2)cc1N. The van der Waals surface area contributed by atoms with Crippen molar-refractivity contribution in [2.75, 3.05) is 24.6 Å². The molecule has 4 nitrogen and oxygen atoms in total. The molecule has 0 unspecified atom stereocenters. The lowest BCUT2D eigenvalue weighted by atomic mass is 10.2. The Morgan fingerprint density at radius 3 is 2.81 bits per heavy atom. The Labute approximate surface area is 137 Å². The number of carbonyl (C=O) groups excluding carboxylic acids is 1. The van der Waals surface area contributed by atoms with E-state index in [9.17, 15) is 4.79 Å². The van der Waals surface area contributed by atoms with E-state index in [2.05, 4.69) is 32.7 Å². The Hall–Kier alpha value is -1.37. The molecule has 0 saturated heterocycles. The zero-order valence-corrected chi connectivity index (χ0v) is 14.4. The number of hydrogen-bond acceptors (Lipinski definition) is 4. The van der Waals surface area contributed by atoms with Gasteiger partial charge in [-0.1, -0.05) is 6.07 Å². The Kier molecular flexibility index (Phi) is 5.39. The summed E-state index contributed by atoms with van der Waals surface area (Å²) in [5, 5.41) is 4.95. The number of aryl methyl sites for hydroxylation is 1. The summed E-state index contributed by atoms with van der Waals surface area (Å²) in [6, 6.07) is 7.61. The number of anilines is 2. The number of nitrogens with two attached hydrogens (primary N) is 1. The fourth-order valence-corrected chi connectivity index (χ4v) is 3.16. The molecule has 0 radical (unpaired) electrons. The van der Waals surface area contributed by atoms with Gasteiger partial charge in [0.05, 0.1) is 10.3 Å².